The third-order valence-corrected chi connectivity index (χ3v) is 4.23. The van der Waals surface area contributed by atoms with Crippen LogP contribution in [0.1, 0.15) is 28.1 Å². The van der Waals surface area contributed by atoms with Gasteiger partial charge < -0.3 is 4.90 Å². The van der Waals surface area contributed by atoms with Gasteiger partial charge in [0.05, 0.1) is 10.8 Å². The van der Waals surface area contributed by atoms with Gasteiger partial charge in [0.2, 0.25) is 0 Å². The maximum absolute atomic E-state index is 12.7. The fourth-order valence-corrected chi connectivity index (χ4v) is 3.06. The molecule has 0 N–H and O–H groups in total. The van der Waals surface area contributed by atoms with Gasteiger partial charge in [0, 0.05) is 13.1 Å². The van der Waals surface area contributed by atoms with Gasteiger partial charge in [0.1, 0.15) is 0 Å². The first-order valence-electron chi connectivity index (χ1n) is 5.79. The molecule has 0 spiro atoms. The quantitative estimate of drug-likeness (QED) is 0.769. The standard InChI is InChI=1S/C12H14F3NOS/c1-8-4-6-18-10(8)11(17)16-5-2-3-9(7-16)12(13,14)15/h4,6,9H,2-3,5,7H2,1H3/t9-/m0/s1. The number of aryl methyl sites for hydroxylation is 1. The van der Waals surface area contributed by atoms with Crippen LogP contribution in [-0.4, -0.2) is 30.1 Å². The van der Waals surface area contributed by atoms with Crippen LogP contribution >= 0.6 is 11.3 Å². The third kappa shape index (κ3) is 2.68. The van der Waals surface area contributed by atoms with Crippen molar-refractivity contribution in [2.45, 2.75) is 25.9 Å². The fourth-order valence-electron chi connectivity index (χ4n) is 2.16. The Bertz CT molecular complexity index is 441. The van der Waals surface area contributed by atoms with Crippen LogP contribution < -0.4 is 0 Å². The topological polar surface area (TPSA) is 20.3 Å². The smallest absolute Gasteiger partial charge is 0.337 e. The van der Waals surface area contributed by atoms with Crippen molar-refractivity contribution in [1.29, 1.82) is 0 Å². The van der Waals surface area contributed by atoms with E-state index < -0.39 is 12.1 Å². The normalized spacial score (nSPS) is 21.1. The van der Waals surface area contributed by atoms with Crippen LogP contribution in [0.15, 0.2) is 11.4 Å². The van der Waals surface area contributed by atoms with Crippen molar-refractivity contribution in [2.75, 3.05) is 13.1 Å². The van der Waals surface area contributed by atoms with Gasteiger partial charge in [-0.1, -0.05) is 0 Å². The van der Waals surface area contributed by atoms with E-state index in [1.165, 1.54) is 16.2 Å². The molecule has 100 valence electrons. The number of nitrogens with zero attached hydrogens (tertiary/aromatic N) is 1. The Morgan fingerprint density at radius 3 is 2.78 bits per heavy atom. The van der Waals surface area contributed by atoms with Crippen LogP contribution in [0.25, 0.3) is 0 Å². The van der Waals surface area contributed by atoms with Crippen molar-refractivity contribution < 1.29 is 18.0 Å². The van der Waals surface area contributed by atoms with E-state index in [-0.39, 0.29) is 18.9 Å². The van der Waals surface area contributed by atoms with Crippen LogP contribution in [-0.2, 0) is 0 Å². The summed E-state index contributed by atoms with van der Waals surface area (Å²) in [5, 5.41) is 1.79. The summed E-state index contributed by atoms with van der Waals surface area (Å²) in [5.41, 5.74) is 0.833. The van der Waals surface area contributed by atoms with E-state index in [9.17, 15) is 18.0 Å². The lowest BCUT2D eigenvalue weighted by atomic mass is 9.97. The Balaban J connectivity index is 2.10. The highest BCUT2D eigenvalue weighted by Gasteiger charge is 2.42. The molecule has 0 aliphatic carbocycles. The van der Waals surface area contributed by atoms with E-state index >= 15 is 0 Å². The van der Waals surface area contributed by atoms with E-state index in [1.807, 2.05) is 6.07 Å². The molecule has 0 unspecified atom stereocenters. The van der Waals surface area contributed by atoms with Gasteiger partial charge in [-0.2, -0.15) is 13.2 Å². The molecule has 6 heteroatoms. The average molecular weight is 277 g/mol. The molecule has 18 heavy (non-hydrogen) atoms. The Kier molecular flexibility index (Phi) is 3.66. The van der Waals surface area contributed by atoms with Crippen molar-refractivity contribution in [2.24, 2.45) is 5.92 Å². The highest BCUT2D eigenvalue weighted by molar-refractivity contribution is 7.12. The number of carbonyl (C=O) groups is 1. The fraction of sp³-hybridized carbons (Fsp3) is 0.583. The number of carbonyl (C=O) groups excluding carboxylic acids is 1. The zero-order valence-corrected chi connectivity index (χ0v) is 10.8. The lowest BCUT2D eigenvalue weighted by Crippen LogP contribution is -2.44. The maximum Gasteiger partial charge on any atom is 0.393 e. The molecule has 1 aromatic rings. The van der Waals surface area contributed by atoms with Crippen LogP contribution in [0.2, 0.25) is 0 Å². The predicted octanol–water partition coefficient (Wildman–Crippen LogP) is 3.47. The van der Waals surface area contributed by atoms with Crippen molar-refractivity contribution in [3.05, 3.63) is 21.9 Å². The summed E-state index contributed by atoms with van der Waals surface area (Å²) in [4.78, 5) is 14.0. The monoisotopic (exact) mass is 277 g/mol. The molecule has 0 saturated carbocycles. The van der Waals surface area contributed by atoms with Gasteiger partial charge in [0.15, 0.2) is 0 Å². The Hall–Kier alpha value is -1.04. The molecule has 1 aromatic heterocycles. The van der Waals surface area contributed by atoms with E-state index in [2.05, 4.69) is 0 Å². The number of halogens is 3. The summed E-state index contributed by atoms with van der Waals surface area (Å²) in [7, 11) is 0. The number of hydrogen-bond donors (Lipinski definition) is 0. The minimum absolute atomic E-state index is 0.122. The predicted molar refractivity (Wildman–Crippen MR) is 63.7 cm³/mol. The molecule has 1 fully saturated rings. The summed E-state index contributed by atoms with van der Waals surface area (Å²) in [6.07, 6.45) is -3.67. The SMILES string of the molecule is Cc1ccsc1C(=O)N1CCC[C@H](C(F)(F)F)C1. The molecule has 0 bridgehead atoms. The minimum atomic E-state index is -4.20. The lowest BCUT2D eigenvalue weighted by molar-refractivity contribution is -0.184. The van der Waals surface area contributed by atoms with E-state index in [1.54, 1.807) is 12.3 Å². The summed E-state index contributed by atoms with van der Waals surface area (Å²) >= 11 is 1.29. The lowest BCUT2D eigenvalue weighted by Gasteiger charge is -2.33. The van der Waals surface area contributed by atoms with Crippen molar-refractivity contribution in [1.82, 2.24) is 4.90 Å². The zero-order chi connectivity index (χ0) is 13.3. The minimum Gasteiger partial charge on any atom is -0.337 e. The Morgan fingerprint density at radius 2 is 2.22 bits per heavy atom. The second-order valence-corrected chi connectivity index (χ2v) is 5.48. The van der Waals surface area contributed by atoms with Gasteiger partial charge in [-0.25, -0.2) is 0 Å². The van der Waals surface area contributed by atoms with E-state index in [0.29, 0.717) is 17.8 Å². The third-order valence-electron chi connectivity index (χ3n) is 3.23. The summed E-state index contributed by atoms with van der Waals surface area (Å²) < 4.78 is 38.0. The van der Waals surface area contributed by atoms with E-state index in [0.717, 1.165) is 5.56 Å². The van der Waals surface area contributed by atoms with Gasteiger partial charge in [-0.05, 0) is 36.8 Å². The number of thiophene rings is 1. The van der Waals surface area contributed by atoms with Gasteiger partial charge in [0.25, 0.3) is 5.91 Å². The molecule has 0 aromatic carbocycles. The molecule has 1 saturated heterocycles. The van der Waals surface area contributed by atoms with Crippen molar-refractivity contribution in [3.63, 3.8) is 0 Å². The highest BCUT2D eigenvalue weighted by Crippen LogP contribution is 2.34. The van der Waals surface area contributed by atoms with Crippen molar-refractivity contribution in [3.8, 4) is 0 Å². The highest BCUT2D eigenvalue weighted by atomic mass is 32.1. The number of amides is 1. The first-order chi connectivity index (χ1) is 8.39. The molecule has 2 rings (SSSR count). The van der Waals surface area contributed by atoms with Crippen LogP contribution in [0.5, 0.6) is 0 Å². The van der Waals surface area contributed by atoms with Crippen LogP contribution in [0.4, 0.5) is 13.2 Å². The molecule has 1 aliphatic heterocycles. The number of rotatable bonds is 1. The summed E-state index contributed by atoms with van der Waals surface area (Å²) in [6.45, 7) is 2.01. The number of piperidine rings is 1. The maximum atomic E-state index is 12.7. The molecule has 1 amide bonds. The first-order valence-corrected chi connectivity index (χ1v) is 6.67. The Labute approximate surface area is 107 Å². The second kappa shape index (κ2) is 4.91. The van der Waals surface area contributed by atoms with Gasteiger partial charge >= 0.3 is 6.18 Å². The Morgan fingerprint density at radius 1 is 1.50 bits per heavy atom. The van der Waals surface area contributed by atoms with Gasteiger partial charge in [-0.15, -0.1) is 11.3 Å². The zero-order valence-electron chi connectivity index (χ0n) is 9.96. The number of alkyl halides is 3. The van der Waals surface area contributed by atoms with Crippen molar-refractivity contribution >= 4 is 17.2 Å². The van der Waals surface area contributed by atoms with Gasteiger partial charge in [-0.3, -0.25) is 4.79 Å². The first kappa shape index (κ1) is 13.4. The van der Waals surface area contributed by atoms with Crippen LogP contribution in [0.3, 0.4) is 0 Å². The van der Waals surface area contributed by atoms with Crippen LogP contribution in [0, 0.1) is 12.8 Å². The number of hydrogen-bond acceptors (Lipinski definition) is 2. The molecule has 1 atom stereocenters. The molecule has 2 heterocycles. The van der Waals surface area contributed by atoms with E-state index in [4.69, 9.17) is 0 Å². The molecule has 0 radical (unpaired) electrons. The summed E-state index contributed by atoms with van der Waals surface area (Å²) in [6, 6.07) is 1.81. The number of likely N-dealkylation sites (tertiary alicyclic amines) is 1. The molecule has 2 nitrogen and oxygen atoms in total. The molecule has 1 aliphatic rings. The largest absolute Gasteiger partial charge is 0.393 e. The molecular formula is C12H14F3NOS. The molecular weight excluding hydrogens is 263 g/mol. The second-order valence-electron chi connectivity index (χ2n) is 4.56. The average Bonchev–Trinajstić information content (AvgIpc) is 2.73. The summed E-state index contributed by atoms with van der Waals surface area (Å²) in [5.74, 6) is -1.65.